The van der Waals surface area contributed by atoms with Gasteiger partial charge in [0.25, 0.3) is 20.1 Å². The lowest BCUT2D eigenvalue weighted by Crippen LogP contribution is -2.63. The van der Waals surface area contributed by atoms with Crippen LogP contribution in [0.2, 0.25) is 72.0 Å². The predicted octanol–water partition coefficient (Wildman–Crippen LogP) is 21.1. The van der Waals surface area contributed by atoms with Crippen LogP contribution in [0.5, 0.6) is 0 Å². The Hall–Kier alpha value is -11.8. The lowest BCUT2D eigenvalue weighted by molar-refractivity contribution is 0.694. The summed E-state index contributed by atoms with van der Waals surface area (Å²) in [6.45, 7) is 47.6. The van der Waals surface area contributed by atoms with Crippen molar-refractivity contribution in [3.8, 4) is 0 Å². The van der Waals surface area contributed by atoms with Crippen LogP contribution >= 0.6 is 0 Å². The van der Waals surface area contributed by atoms with E-state index < -0.39 is 38.4 Å². The van der Waals surface area contributed by atoms with Gasteiger partial charge in [-0.1, -0.05) is 266 Å². The Labute approximate surface area is 741 Å². The Morgan fingerprint density at radius 3 is 0.702 bits per heavy atom. The Morgan fingerprint density at radius 2 is 0.435 bits per heavy atom. The zero-order chi connectivity index (χ0) is 86.0. The fraction of sp³-hybridized carbons (Fsp3) is 0.189. The second-order valence-corrected chi connectivity index (χ2v) is 58.6. The maximum absolute atomic E-state index is 2.72. The summed E-state index contributed by atoms with van der Waals surface area (Å²) in [5, 5.41) is 5.84. The molecule has 0 radical (unpaired) electrons. The van der Waals surface area contributed by atoms with Gasteiger partial charge in [0.1, 0.15) is 0 Å². The van der Waals surface area contributed by atoms with E-state index in [2.05, 4.69) is 455 Å². The van der Waals surface area contributed by atoms with E-state index >= 15 is 0 Å². The summed E-state index contributed by atoms with van der Waals surface area (Å²) >= 11 is 0. The highest BCUT2D eigenvalue weighted by atomic mass is 28.3. The Morgan fingerprint density at radius 1 is 0.218 bits per heavy atom. The lowest BCUT2D eigenvalue weighted by atomic mass is 9.32. The Balaban J connectivity index is 0.874. The van der Waals surface area contributed by atoms with Gasteiger partial charge in [-0.15, -0.1) is 0 Å². The van der Waals surface area contributed by atoms with E-state index in [4.69, 9.17) is 0 Å². The van der Waals surface area contributed by atoms with Crippen LogP contribution in [0, 0.1) is 55.4 Å². The van der Waals surface area contributed by atoms with Crippen LogP contribution in [-0.2, 0) is 5.41 Å². The molecule has 15 aromatic carbocycles. The van der Waals surface area contributed by atoms with Crippen LogP contribution < -0.4 is 99.3 Å². The van der Waals surface area contributed by atoms with Crippen molar-refractivity contribution in [3.05, 3.63) is 352 Å². The summed E-state index contributed by atoms with van der Waals surface area (Å²) in [5.74, 6) is 0. The predicted molar refractivity (Wildman–Crippen MR) is 552 cm³/mol. The van der Waals surface area contributed by atoms with Crippen molar-refractivity contribution in [1.29, 1.82) is 0 Å². The number of hydrogen-bond acceptors (Lipinski definition) is 6. The van der Waals surface area contributed by atoms with Gasteiger partial charge in [-0.2, -0.15) is 0 Å². The average Bonchev–Trinajstić information content (AvgIpc) is 0.697. The van der Waals surface area contributed by atoms with E-state index in [1.165, 1.54) is 211 Å². The van der Waals surface area contributed by atoms with E-state index in [0.717, 1.165) is 22.7 Å². The molecule has 608 valence electrons. The molecule has 0 amide bonds. The zero-order valence-electron chi connectivity index (χ0n) is 75.7. The van der Waals surface area contributed by atoms with Crippen molar-refractivity contribution in [1.82, 2.24) is 0 Å². The molecule has 0 bridgehead atoms. The van der Waals surface area contributed by atoms with Gasteiger partial charge in [0.05, 0.1) is 33.0 Å². The maximum Gasteiger partial charge on any atom is 0.252 e. The first-order valence-corrected chi connectivity index (χ1v) is 58.3. The molecule has 15 aromatic rings. The molecule has 13 heteroatoms. The molecule has 124 heavy (non-hydrogen) atoms. The minimum Gasteiger partial charge on any atom is -0.311 e. The SMILES string of the molecule is Cc1ccc(N2c3ccc(C(C)(c4ccc5c(c4)B4c6cc([Si](C)(C)C)ccc6N(c6ccc(C)cc6)c6cc(C)cc(c64)N5c4ccc(C)cc4)c4ccc5c(c4)B4c6cc([Si](C)(C)C)ccc6N(c6ccc([Si](C)(C)C)cc6)c6cc(C)cc(c64)N5c4ccc(C)cc4)cc3B3c4cc(C)ccc4N(c4ccc([SiH](C)C)cc4)c4cc(C)cc2c43)cc1. The minimum atomic E-state index is -1.95. The first-order valence-electron chi connectivity index (χ1n) is 44.9. The third kappa shape index (κ3) is 12.6. The molecule has 1 unspecified atom stereocenters. The van der Waals surface area contributed by atoms with Gasteiger partial charge in [-0.05, 0) is 290 Å². The Kier molecular flexibility index (Phi) is 18.5. The van der Waals surface area contributed by atoms with Crippen LogP contribution in [0.1, 0.15) is 68.1 Å². The van der Waals surface area contributed by atoms with Crippen molar-refractivity contribution in [3.63, 3.8) is 0 Å². The van der Waals surface area contributed by atoms with E-state index in [1.54, 1.807) is 0 Å². The lowest BCUT2D eigenvalue weighted by Gasteiger charge is -2.46. The highest BCUT2D eigenvalue weighted by molar-refractivity contribution is 7.03. The van der Waals surface area contributed by atoms with Crippen LogP contribution in [0.25, 0.3) is 0 Å². The first-order chi connectivity index (χ1) is 59.3. The second-order valence-electron chi connectivity index (χ2n) is 40.4. The van der Waals surface area contributed by atoms with E-state index in [9.17, 15) is 0 Å². The van der Waals surface area contributed by atoms with Crippen LogP contribution in [0.3, 0.4) is 0 Å². The fourth-order valence-corrected chi connectivity index (χ4v) is 25.9. The molecule has 0 fully saturated rings. The van der Waals surface area contributed by atoms with Crippen molar-refractivity contribution >= 4 is 225 Å². The molecule has 21 rings (SSSR count). The number of benzene rings is 15. The van der Waals surface area contributed by atoms with Crippen LogP contribution in [0.15, 0.2) is 291 Å². The maximum atomic E-state index is 2.72. The van der Waals surface area contributed by atoms with Crippen molar-refractivity contribution < 1.29 is 0 Å². The number of anilines is 18. The number of nitrogens with zero attached hydrogens (tertiary/aromatic N) is 6. The number of rotatable bonds is 13. The summed E-state index contributed by atoms with van der Waals surface area (Å²) in [7, 11) is -6.64. The third-order valence-corrected chi connectivity index (χ3v) is 36.1. The summed E-state index contributed by atoms with van der Waals surface area (Å²) in [5.41, 5.74) is 46.2. The van der Waals surface area contributed by atoms with E-state index in [0.29, 0.717) is 0 Å². The van der Waals surface area contributed by atoms with Crippen molar-refractivity contribution in [2.75, 3.05) is 29.4 Å². The summed E-state index contributed by atoms with van der Waals surface area (Å²) in [4.78, 5) is 15.7. The summed E-state index contributed by atoms with van der Waals surface area (Å²) in [6, 6.07) is 117. The molecule has 0 saturated carbocycles. The quantitative estimate of drug-likeness (QED) is 0.0840. The summed E-state index contributed by atoms with van der Waals surface area (Å²) < 4.78 is 0. The molecule has 6 aliphatic heterocycles. The molecule has 6 nitrogen and oxygen atoms in total. The summed E-state index contributed by atoms with van der Waals surface area (Å²) in [6.07, 6.45) is 0. The van der Waals surface area contributed by atoms with E-state index in [-0.39, 0.29) is 20.1 Å². The standard InChI is InChI=1S/C111H109B3N6Si4/c1-69-21-33-80(34-22-69)115-97-52-30-77(64-91(97)112-90-57-73(5)29-51-96(90)119(84-41-45-86(46-42-84)121(10)11)103-59-74(6)58-102(115)108(103)112)111(9,78-31-53-98-92(65-78)113-94-67-88(123(15,16)17)49-55-100(94)118(83-39-27-72(4)28-40-83)106-62-75(7)60-104(109(106)113)116(98)81-35-23-70(2)24-36-81)79-32-54-99-93(66-79)114-95-68-89(124(18,19)20)50-56-101(95)120(85-43-47-87(48-44-85)122(12,13)14)107-63-76(8)61-105(110(107)114)117(99)82-37-25-71(3)26-38-82/h21-68,121H,1-20H3. The fourth-order valence-electron chi connectivity index (χ4n) is 21.5. The smallest absolute Gasteiger partial charge is 0.252 e. The van der Waals surface area contributed by atoms with Crippen molar-refractivity contribution in [2.24, 2.45) is 0 Å². The van der Waals surface area contributed by atoms with Gasteiger partial charge >= 0.3 is 0 Å². The molecule has 0 N–H and O–H groups in total. The molecule has 1 atom stereocenters. The van der Waals surface area contributed by atoms with Gasteiger partial charge in [0.15, 0.2) is 0 Å². The first kappa shape index (κ1) is 79.4. The zero-order valence-corrected chi connectivity index (χ0v) is 79.9. The normalized spacial score (nSPS) is 14.4. The third-order valence-electron chi connectivity index (χ3n) is 28.2. The van der Waals surface area contributed by atoms with Gasteiger partial charge in [-0.3, -0.25) is 0 Å². The molecule has 0 aliphatic carbocycles. The van der Waals surface area contributed by atoms with Gasteiger partial charge < -0.3 is 29.4 Å². The minimum absolute atomic E-state index is 0.139. The average molecular weight is 1670 g/mol. The van der Waals surface area contributed by atoms with E-state index in [1.807, 2.05) is 0 Å². The molecule has 0 aromatic heterocycles. The molecular weight excluding hydrogens is 1560 g/mol. The highest BCUT2D eigenvalue weighted by Crippen LogP contribution is 2.52. The molecule has 0 spiro atoms. The van der Waals surface area contributed by atoms with Crippen LogP contribution in [0.4, 0.5) is 102 Å². The molecule has 0 saturated heterocycles. The second kappa shape index (κ2) is 28.9. The highest BCUT2D eigenvalue weighted by Gasteiger charge is 2.51. The number of hydrogen-bond donors (Lipinski definition) is 0. The largest absolute Gasteiger partial charge is 0.311 e. The Bertz CT molecular complexity index is 6890. The van der Waals surface area contributed by atoms with Gasteiger partial charge in [0.2, 0.25) is 0 Å². The van der Waals surface area contributed by atoms with Gasteiger partial charge in [0, 0.05) is 108 Å². The molecule has 6 heterocycles. The number of fused-ring (bicyclic) bond motifs is 12. The van der Waals surface area contributed by atoms with Crippen LogP contribution in [-0.4, -0.2) is 53.2 Å². The topological polar surface area (TPSA) is 19.4 Å². The monoisotopic (exact) mass is 1670 g/mol. The van der Waals surface area contributed by atoms with Gasteiger partial charge in [-0.25, -0.2) is 0 Å². The molecular formula is C111H109B3N6Si4. The molecule has 6 aliphatic rings. The van der Waals surface area contributed by atoms with Crippen molar-refractivity contribution in [2.45, 2.75) is 140 Å². The number of aryl methyl sites for hydroxylation is 8.